The SMILES string of the molecule is CC(=O)N1CCC[C@@H](CC(C)(C)NC[C@H](O)c2cccc(C(F)(F)F)n2)C1.Cl.Cl. The van der Waals surface area contributed by atoms with Crippen LogP contribution in [-0.4, -0.2) is 46.1 Å². The van der Waals surface area contributed by atoms with Crippen molar-refractivity contribution in [1.29, 1.82) is 0 Å². The number of pyridine rings is 1. The molecule has 1 aromatic heterocycles. The van der Waals surface area contributed by atoms with Gasteiger partial charge in [0.2, 0.25) is 5.91 Å². The van der Waals surface area contributed by atoms with E-state index in [2.05, 4.69) is 10.3 Å². The molecular weight excluding hydrogens is 430 g/mol. The molecule has 2 N–H and O–H groups in total. The van der Waals surface area contributed by atoms with Crippen molar-refractivity contribution in [2.75, 3.05) is 19.6 Å². The zero-order valence-electron chi connectivity index (χ0n) is 16.8. The zero-order chi connectivity index (χ0) is 20.2. The lowest BCUT2D eigenvalue weighted by Gasteiger charge is -2.37. The van der Waals surface area contributed by atoms with E-state index >= 15 is 0 Å². The largest absolute Gasteiger partial charge is 0.433 e. The fourth-order valence-corrected chi connectivity index (χ4v) is 3.58. The molecule has 5 nitrogen and oxygen atoms in total. The van der Waals surface area contributed by atoms with Gasteiger partial charge in [0.05, 0.1) is 5.69 Å². The van der Waals surface area contributed by atoms with Crippen LogP contribution in [-0.2, 0) is 11.0 Å². The first-order valence-electron chi connectivity index (χ1n) is 9.21. The number of alkyl halides is 3. The van der Waals surface area contributed by atoms with Crippen molar-refractivity contribution < 1.29 is 23.1 Å². The first kappa shape index (κ1) is 27.9. The van der Waals surface area contributed by atoms with Gasteiger partial charge in [0.25, 0.3) is 0 Å². The van der Waals surface area contributed by atoms with E-state index in [1.807, 2.05) is 18.7 Å². The van der Waals surface area contributed by atoms with Crippen LogP contribution in [0.15, 0.2) is 18.2 Å². The lowest BCUT2D eigenvalue weighted by atomic mass is 9.85. The maximum atomic E-state index is 12.8. The van der Waals surface area contributed by atoms with Gasteiger partial charge in [0.15, 0.2) is 0 Å². The van der Waals surface area contributed by atoms with Gasteiger partial charge in [-0.2, -0.15) is 13.2 Å². The average molecular weight is 460 g/mol. The number of hydrogen-bond acceptors (Lipinski definition) is 4. The Hall–Kier alpha value is -1.09. The fourth-order valence-electron chi connectivity index (χ4n) is 3.58. The Morgan fingerprint density at radius 2 is 2.00 bits per heavy atom. The molecular formula is C19H30Cl2F3N3O2. The number of amides is 1. The van der Waals surface area contributed by atoms with Gasteiger partial charge in [-0.25, -0.2) is 4.98 Å². The van der Waals surface area contributed by atoms with E-state index in [1.54, 1.807) is 6.92 Å². The number of halogens is 5. The molecule has 10 heteroatoms. The number of carbonyl (C=O) groups excluding carboxylic acids is 1. The van der Waals surface area contributed by atoms with Gasteiger partial charge >= 0.3 is 6.18 Å². The number of nitrogens with one attached hydrogen (secondary N) is 1. The molecule has 0 saturated carbocycles. The second-order valence-electron chi connectivity index (χ2n) is 7.90. The molecule has 2 rings (SSSR count). The van der Waals surface area contributed by atoms with Gasteiger partial charge in [0, 0.05) is 32.1 Å². The summed E-state index contributed by atoms with van der Waals surface area (Å²) >= 11 is 0. The molecule has 1 aliphatic heterocycles. The lowest BCUT2D eigenvalue weighted by molar-refractivity contribution is -0.141. The number of piperidine rings is 1. The Labute approximate surface area is 182 Å². The highest BCUT2D eigenvalue weighted by molar-refractivity contribution is 5.85. The minimum absolute atomic E-state index is 0. The predicted molar refractivity (Wildman–Crippen MR) is 110 cm³/mol. The van der Waals surface area contributed by atoms with Crippen molar-refractivity contribution in [3.8, 4) is 0 Å². The summed E-state index contributed by atoms with van der Waals surface area (Å²) in [4.78, 5) is 17.0. The van der Waals surface area contributed by atoms with Crippen LogP contribution in [0.3, 0.4) is 0 Å². The fraction of sp³-hybridized carbons (Fsp3) is 0.684. The van der Waals surface area contributed by atoms with Crippen molar-refractivity contribution in [3.63, 3.8) is 0 Å². The summed E-state index contributed by atoms with van der Waals surface area (Å²) in [6, 6.07) is 3.52. The topological polar surface area (TPSA) is 65.5 Å². The third-order valence-electron chi connectivity index (χ3n) is 4.94. The third-order valence-corrected chi connectivity index (χ3v) is 4.94. The Morgan fingerprint density at radius 1 is 1.34 bits per heavy atom. The van der Waals surface area contributed by atoms with Crippen LogP contribution in [0.1, 0.15) is 57.5 Å². The molecule has 2 heterocycles. The first-order valence-corrected chi connectivity index (χ1v) is 9.21. The second-order valence-corrected chi connectivity index (χ2v) is 7.90. The van der Waals surface area contributed by atoms with Crippen LogP contribution < -0.4 is 5.32 Å². The van der Waals surface area contributed by atoms with Gasteiger partial charge in [-0.15, -0.1) is 24.8 Å². The number of nitrogens with zero attached hydrogens (tertiary/aromatic N) is 2. The molecule has 168 valence electrons. The van der Waals surface area contributed by atoms with Gasteiger partial charge in [-0.1, -0.05) is 6.07 Å². The van der Waals surface area contributed by atoms with Gasteiger partial charge in [-0.05, 0) is 51.2 Å². The number of hydrogen-bond donors (Lipinski definition) is 2. The molecule has 2 atom stereocenters. The van der Waals surface area contributed by atoms with Gasteiger partial charge < -0.3 is 15.3 Å². The smallest absolute Gasteiger partial charge is 0.385 e. The number of aromatic nitrogens is 1. The van der Waals surface area contributed by atoms with Crippen molar-refractivity contribution in [3.05, 3.63) is 29.6 Å². The Bertz CT molecular complexity index is 660. The number of likely N-dealkylation sites (tertiary alicyclic amines) is 1. The first-order chi connectivity index (χ1) is 12.5. The minimum Gasteiger partial charge on any atom is -0.385 e. The van der Waals surface area contributed by atoms with Crippen molar-refractivity contribution in [1.82, 2.24) is 15.2 Å². The summed E-state index contributed by atoms with van der Waals surface area (Å²) in [6.45, 7) is 7.17. The summed E-state index contributed by atoms with van der Waals surface area (Å²) < 4.78 is 38.3. The molecule has 0 bridgehead atoms. The molecule has 1 aromatic rings. The van der Waals surface area contributed by atoms with Crippen molar-refractivity contribution in [2.45, 2.75) is 57.9 Å². The number of β-amino-alcohol motifs (C(OH)–C–C–N with tert-alkyl or cyclic N) is 1. The molecule has 1 saturated heterocycles. The summed E-state index contributed by atoms with van der Waals surface area (Å²) in [7, 11) is 0. The lowest BCUT2D eigenvalue weighted by Crippen LogP contribution is -2.46. The molecule has 1 amide bonds. The van der Waals surface area contributed by atoms with E-state index in [-0.39, 0.29) is 48.5 Å². The standard InChI is InChI=1S/C19H28F3N3O2.2ClH/c1-13(26)25-9-5-6-14(12-25)10-18(2,3)23-11-16(27)15-7-4-8-17(24-15)19(20,21)22;;/h4,7-8,14,16,23,27H,5-6,9-12H2,1-3H3;2*1H/t14-,16-;;/m0../s1. The quantitative estimate of drug-likeness (QED) is 0.674. The van der Waals surface area contributed by atoms with Crippen LogP contribution in [0, 0.1) is 5.92 Å². The highest BCUT2D eigenvalue weighted by Crippen LogP contribution is 2.29. The van der Waals surface area contributed by atoms with Gasteiger partial charge in [-0.3, -0.25) is 4.79 Å². The summed E-state index contributed by atoms with van der Waals surface area (Å²) in [6.07, 6.45) is -2.86. The monoisotopic (exact) mass is 459 g/mol. The Morgan fingerprint density at radius 3 is 2.59 bits per heavy atom. The van der Waals surface area contributed by atoms with E-state index in [1.165, 1.54) is 12.1 Å². The number of aliphatic hydroxyl groups excluding tert-OH is 1. The molecule has 1 fully saturated rings. The van der Waals surface area contributed by atoms with Crippen LogP contribution in [0.4, 0.5) is 13.2 Å². The van der Waals surface area contributed by atoms with E-state index in [4.69, 9.17) is 0 Å². The Balaban J connectivity index is 0.00000392. The van der Waals surface area contributed by atoms with Crippen LogP contribution in [0.5, 0.6) is 0 Å². The highest BCUT2D eigenvalue weighted by Gasteiger charge is 2.33. The van der Waals surface area contributed by atoms with E-state index < -0.39 is 18.0 Å². The molecule has 0 radical (unpaired) electrons. The highest BCUT2D eigenvalue weighted by atomic mass is 35.5. The van der Waals surface area contributed by atoms with Crippen LogP contribution in [0.2, 0.25) is 0 Å². The number of rotatable bonds is 6. The van der Waals surface area contributed by atoms with E-state index in [9.17, 15) is 23.1 Å². The van der Waals surface area contributed by atoms with Crippen LogP contribution >= 0.6 is 24.8 Å². The normalized spacial score (nSPS) is 18.4. The number of aliphatic hydroxyl groups is 1. The molecule has 0 aromatic carbocycles. The zero-order valence-corrected chi connectivity index (χ0v) is 18.5. The van der Waals surface area contributed by atoms with Crippen molar-refractivity contribution in [2.24, 2.45) is 5.92 Å². The molecule has 0 unspecified atom stereocenters. The van der Waals surface area contributed by atoms with E-state index in [0.717, 1.165) is 38.4 Å². The second kappa shape index (κ2) is 11.3. The maximum absolute atomic E-state index is 12.8. The molecule has 0 spiro atoms. The summed E-state index contributed by atoms with van der Waals surface area (Å²) in [5, 5.41) is 13.5. The molecule has 0 aliphatic carbocycles. The predicted octanol–water partition coefficient (Wildman–Crippen LogP) is 3.99. The third kappa shape index (κ3) is 8.66. The van der Waals surface area contributed by atoms with Crippen LogP contribution in [0.25, 0.3) is 0 Å². The molecule has 29 heavy (non-hydrogen) atoms. The van der Waals surface area contributed by atoms with Gasteiger partial charge in [0.1, 0.15) is 11.8 Å². The molecule has 1 aliphatic rings. The van der Waals surface area contributed by atoms with Crippen molar-refractivity contribution >= 4 is 30.7 Å². The summed E-state index contributed by atoms with van der Waals surface area (Å²) in [5.41, 5.74) is -1.34. The number of carbonyl (C=O) groups is 1. The summed E-state index contributed by atoms with van der Waals surface area (Å²) in [5.74, 6) is 0.436. The average Bonchev–Trinajstić information content (AvgIpc) is 2.59. The Kier molecular flexibility index (Phi) is 10.9. The maximum Gasteiger partial charge on any atom is 0.433 e. The minimum atomic E-state index is -4.54. The van der Waals surface area contributed by atoms with E-state index in [0.29, 0.717) is 5.92 Å².